The maximum Gasteiger partial charge on any atom is 0.247 e. The molecule has 3 rings (SSSR count). The van der Waals surface area contributed by atoms with Gasteiger partial charge in [0.15, 0.2) is 6.61 Å². The van der Waals surface area contributed by atoms with E-state index in [0.29, 0.717) is 5.90 Å². The molecule has 0 aliphatic carbocycles. The molecule has 0 bridgehead atoms. The number of nitrogens with zero attached hydrogens (tertiary/aromatic N) is 2. The second-order valence-corrected chi connectivity index (χ2v) is 6.78. The van der Waals surface area contributed by atoms with Gasteiger partial charge in [-0.3, -0.25) is 4.79 Å². The van der Waals surface area contributed by atoms with Gasteiger partial charge in [-0.2, -0.15) is 5.01 Å². The van der Waals surface area contributed by atoms with Crippen LogP contribution in [0.4, 0.5) is 0 Å². The van der Waals surface area contributed by atoms with E-state index in [4.69, 9.17) is 9.47 Å². The zero-order valence-corrected chi connectivity index (χ0v) is 15.0. The third kappa shape index (κ3) is 3.28. The molecular weight excluding hydrogens is 324 g/mol. The highest BCUT2D eigenvalue weighted by Crippen LogP contribution is 2.34. The van der Waals surface area contributed by atoms with E-state index in [-0.39, 0.29) is 12.5 Å². The van der Waals surface area contributed by atoms with Crippen molar-refractivity contribution in [1.29, 1.82) is 0 Å². The zero-order valence-electron chi connectivity index (χ0n) is 14.2. The summed E-state index contributed by atoms with van der Waals surface area (Å²) in [6.45, 7) is 7.76. The minimum atomic E-state index is -0.499. The van der Waals surface area contributed by atoms with Gasteiger partial charge in [-0.25, -0.2) is 0 Å². The average molecular weight is 344 g/mol. The lowest BCUT2D eigenvalue weighted by Crippen LogP contribution is -2.25. The lowest BCUT2D eigenvalue weighted by Gasteiger charge is -2.18. The van der Waals surface area contributed by atoms with Gasteiger partial charge in [-0.15, -0.1) is 16.4 Å². The number of ether oxygens (including phenoxy) is 2. The monoisotopic (exact) mass is 344 g/mol. The molecule has 1 aromatic carbocycles. The number of thiophene rings is 1. The van der Waals surface area contributed by atoms with Crippen LogP contribution in [0.1, 0.15) is 34.7 Å². The molecule has 0 spiro atoms. The molecule has 1 aliphatic rings. The Morgan fingerprint density at radius 2 is 2.04 bits per heavy atom. The Bertz CT molecular complexity index is 797. The molecule has 0 fully saturated rings. The Balaban J connectivity index is 1.72. The van der Waals surface area contributed by atoms with Gasteiger partial charge >= 0.3 is 0 Å². The largest absolute Gasteiger partial charge is 0.484 e. The van der Waals surface area contributed by atoms with E-state index in [9.17, 15) is 4.79 Å². The summed E-state index contributed by atoms with van der Waals surface area (Å²) in [4.78, 5) is 12.8. The fourth-order valence-electron chi connectivity index (χ4n) is 2.42. The molecular formula is C18H20N2O3S. The highest BCUT2D eigenvalue weighted by molar-refractivity contribution is 7.10. The third-order valence-electron chi connectivity index (χ3n) is 3.98. The molecule has 24 heavy (non-hydrogen) atoms. The van der Waals surface area contributed by atoms with Crippen molar-refractivity contribution in [2.45, 2.75) is 33.9 Å². The van der Waals surface area contributed by atoms with Gasteiger partial charge in [0, 0.05) is 6.92 Å². The van der Waals surface area contributed by atoms with Crippen LogP contribution in [0, 0.1) is 20.8 Å². The predicted octanol–water partition coefficient (Wildman–Crippen LogP) is 3.94. The normalized spacial score (nSPS) is 16.8. The minimum Gasteiger partial charge on any atom is -0.484 e. The molecule has 1 aromatic heterocycles. The highest BCUT2D eigenvalue weighted by atomic mass is 32.1. The highest BCUT2D eigenvalue weighted by Gasteiger charge is 2.34. The first kappa shape index (κ1) is 16.5. The van der Waals surface area contributed by atoms with Crippen molar-refractivity contribution < 1.29 is 14.3 Å². The molecule has 126 valence electrons. The minimum absolute atomic E-state index is 0.158. The van der Waals surface area contributed by atoms with Crippen molar-refractivity contribution >= 4 is 23.1 Å². The van der Waals surface area contributed by atoms with E-state index >= 15 is 0 Å². The van der Waals surface area contributed by atoms with Crippen LogP contribution in [-0.2, 0) is 9.53 Å². The van der Waals surface area contributed by atoms with Gasteiger partial charge in [0.25, 0.3) is 0 Å². The van der Waals surface area contributed by atoms with E-state index in [1.54, 1.807) is 11.3 Å². The maximum atomic E-state index is 11.9. The lowest BCUT2D eigenvalue weighted by molar-refractivity contribution is -0.135. The molecule has 2 aromatic rings. The Kier molecular flexibility index (Phi) is 4.57. The van der Waals surface area contributed by atoms with Crippen LogP contribution in [0.25, 0.3) is 0 Å². The van der Waals surface area contributed by atoms with Crippen LogP contribution in [-0.4, -0.2) is 23.4 Å². The van der Waals surface area contributed by atoms with Crippen molar-refractivity contribution in [1.82, 2.24) is 5.01 Å². The fourth-order valence-corrected chi connectivity index (χ4v) is 3.36. The summed E-state index contributed by atoms with van der Waals surface area (Å²) in [5.74, 6) is 1.00. The summed E-state index contributed by atoms with van der Waals surface area (Å²) in [5, 5.41) is 7.64. The first-order chi connectivity index (χ1) is 11.5. The second kappa shape index (κ2) is 6.65. The molecule has 1 amide bonds. The Labute approximate surface area is 145 Å². The van der Waals surface area contributed by atoms with Crippen LogP contribution in [0.5, 0.6) is 5.75 Å². The van der Waals surface area contributed by atoms with Crippen molar-refractivity contribution in [3.8, 4) is 5.75 Å². The zero-order chi connectivity index (χ0) is 17.3. The molecule has 5 nitrogen and oxygen atoms in total. The first-order valence-electron chi connectivity index (χ1n) is 7.73. The fraction of sp³-hybridized carbons (Fsp3) is 0.333. The van der Waals surface area contributed by atoms with Crippen molar-refractivity contribution in [2.24, 2.45) is 5.10 Å². The van der Waals surface area contributed by atoms with Crippen molar-refractivity contribution in [3.05, 3.63) is 51.2 Å². The van der Waals surface area contributed by atoms with E-state index in [1.807, 2.05) is 43.5 Å². The van der Waals surface area contributed by atoms with Crippen molar-refractivity contribution in [2.75, 3.05) is 6.61 Å². The average Bonchev–Trinajstić information content (AvgIpc) is 3.14. The predicted molar refractivity (Wildman–Crippen MR) is 94.2 cm³/mol. The Hall–Kier alpha value is -2.34. The molecule has 1 atom stereocenters. The van der Waals surface area contributed by atoms with Crippen LogP contribution >= 0.6 is 11.3 Å². The summed E-state index contributed by atoms with van der Waals surface area (Å²) < 4.78 is 11.6. The quantitative estimate of drug-likeness (QED) is 0.844. The topological polar surface area (TPSA) is 51.1 Å². The van der Waals surface area contributed by atoms with Crippen LogP contribution in [0.15, 0.2) is 34.7 Å². The SMILES string of the molecule is CC(=O)N1N=C(COc2ccc(C)c(C)c2)O[C@H]1c1sccc1C. The molecule has 6 heteroatoms. The number of carbonyl (C=O) groups excluding carboxylic acids is 1. The number of hydrogen-bond acceptors (Lipinski definition) is 5. The van der Waals surface area contributed by atoms with E-state index in [1.165, 1.54) is 23.1 Å². The second-order valence-electron chi connectivity index (χ2n) is 5.83. The van der Waals surface area contributed by atoms with E-state index in [2.05, 4.69) is 12.0 Å². The summed E-state index contributed by atoms with van der Waals surface area (Å²) in [6.07, 6.45) is -0.499. The number of carbonyl (C=O) groups is 1. The maximum absolute atomic E-state index is 11.9. The number of hydrogen-bond donors (Lipinski definition) is 0. The molecule has 0 radical (unpaired) electrons. The summed E-state index contributed by atoms with van der Waals surface area (Å²) in [5.41, 5.74) is 3.47. The Morgan fingerprint density at radius 1 is 1.25 bits per heavy atom. The van der Waals surface area contributed by atoms with Gasteiger partial charge in [-0.05, 0) is 61.0 Å². The summed E-state index contributed by atoms with van der Waals surface area (Å²) >= 11 is 1.55. The van der Waals surface area contributed by atoms with E-state index in [0.717, 1.165) is 16.2 Å². The molecule has 1 aliphatic heterocycles. The van der Waals surface area contributed by atoms with Crippen LogP contribution in [0.3, 0.4) is 0 Å². The van der Waals surface area contributed by atoms with Gasteiger partial charge < -0.3 is 9.47 Å². The van der Waals surface area contributed by atoms with Gasteiger partial charge in [0.2, 0.25) is 18.0 Å². The Morgan fingerprint density at radius 3 is 2.67 bits per heavy atom. The van der Waals surface area contributed by atoms with E-state index < -0.39 is 6.23 Å². The van der Waals surface area contributed by atoms with Crippen LogP contribution in [0.2, 0.25) is 0 Å². The van der Waals surface area contributed by atoms with Crippen molar-refractivity contribution in [3.63, 3.8) is 0 Å². The van der Waals surface area contributed by atoms with Gasteiger partial charge in [0.1, 0.15) is 5.75 Å². The summed E-state index contributed by atoms with van der Waals surface area (Å²) in [6, 6.07) is 7.92. The number of amides is 1. The third-order valence-corrected chi connectivity index (χ3v) is 5.03. The van der Waals surface area contributed by atoms with Gasteiger partial charge in [-0.1, -0.05) is 6.07 Å². The molecule has 0 N–H and O–H groups in total. The molecule has 0 saturated carbocycles. The standard InChI is InChI=1S/C18H20N2O3S/c1-11-5-6-15(9-13(11)3)22-10-16-19-20(14(4)21)18(23-16)17-12(2)7-8-24-17/h5-9,18H,10H2,1-4H3/t18-/m0/s1. The molecule has 2 heterocycles. The number of aryl methyl sites for hydroxylation is 3. The van der Waals surface area contributed by atoms with Gasteiger partial charge in [0.05, 0.1) is 4.88 Å². The number of rotatable bonds is 4. The first-order valence-corrected chi connectivity index (χ1v) is 8.61. The smallest absolute Gasteiger partial charge is 0.247 e. The number of benzene rings is 1. The molecule has 0 saturated heterocycles. The number of hydrazone groups is 1. The lowest BCUT2D eigenvalue weighted by atomic mass is 10.1. The molecule has 0 unspecified atom stereocenters. The van der Waals surface area contributed by atoms with Crippen LogP contribution < -0.4 is 4.74 Å². The summed E-state index contributed by atoms with van der Waals surface area (Å²) in [7, 11) is 0.